The van der Waals surface area contributed by atoms with Gasteiger partial charge in [-0.2, -0.15) is 0 Å². The standard InChI is InChI=1S/C24H34N2O4/c1-6-7-18-8-13-23(24(14-18)29-5)30-17-20(27)15-25-16-22(26(2)3)19-9-11-21(28-4)12-10-19/h6-14,20,22,25,27H,15-17H2,1-5H3/p+2/b7-6+/t20-,22+/m0/s1. The van der Waals surface area contributed by atoms with Crippen LogP contribution >= 0.6 is 0 Å². The van der Waals surface area contributed by atoms with Gasteiger partial charge in [-0.3, -0.25) is 0 Å². The summed E-state index contributed by atoms with van der Waals surface area (Å²) in [7, 11) is 7.58. The first-order valence-corrected chi connectivity index (χ1v) is 10.4. The Morgan fingerprint density at radius 3 is 2.33 bits per heavy atom. The lowest BCUT2D eigenvalue weighted by molar-refractivity contribution is -0.909. The van der Waals surface area contributed by atoms with E-state index in [1.807, 2.05) is 49.4 Å². The summed E-state index contributed by atoms with van der Waals surface area (Å²) in [6, 6.07) is 14.3. The maximum Gasteiger partial charge on any atom is 0.162 e. The molecule has 0 saturated heterocycles. The summed E-state index contributed by atoms with van der Waals surface area (Å²) < 4.78 is 16.5. The van der Waals surface area contributed by atoms with Gasteiger partial charge >= 0.3 is 0 Å². The number of aliphatic hydroxyl groups excluding tert-OH is 1. The van der Waals surface area contributed by atoms with Crippen molar-refractivity contribution in [3.8, 4) is 17.2 Å². The van der Waals surface area contributed by atoms with E-state index < -0.39 is 6.10 Å². The average Bonchev–Trinajstić information content (AvgIpc) is 2.75. The molecule has 0 saturated carbocycles. The van der Waals surface area contributed by atoms with Crippen LogP contribution in [0.4, 0.5) is 0 Å². The van der Waals surface area contributed by atoms with Gasteiger partial charge < -0.3 is 29.5 Å². The molecule has 0 unspecified atom stereocenters. The Bertz CT molecular complexity index is 790. The maximum absolute atomic E-state index is 10.4. The molecule has 0 fully saturated rings. The van der Waals surface area contributed by atoms with E-state index in [1.165, 1.54) is 10.5 Å². The van der Waals surface area contributed by atoms with Crippen LogP contribution in [-0.4, -0.2) is 59.2 Å². The normalized spacial score (nSPS) is 13.4. The maximum atomic E-state index is 10.4. The van der Waals surface area contributed by atoms with Crippen LogP contribution in [0.25, 0.3) is 6.08 Å². The molecule has 6 nitrogen and oxygen atoms in total. The number of aliphatic hydroxyl groups is 1. The van der Waals surface area contributed by atoms with Crippen molar-refractivity contribution in [2.24, 2.45) is 0 Å². The van der Waals surface area contributed by atoms with Crippen molar-refractivity contribution < 1.29 is 29.5 Å². The van der Waals surface area contributed by atoms with E-state index in [9.17, 15) is 5.11 Å². The number of ether oxygens (including phenoxy) is 3. The molecule has 2 aromatic carbocycles. The van der Waals surface area contributed by atoms with E-state index in [0.29, 0.717) is 24.1 Å². The highest BCUT2D eigenvalue weighted by atomic mass is 16.5. The largest absolute Gasteiger partial charge is 0.497 e. The molecule has 2 atom stereocenters. The second-order valence-electron chi connectivity index (χ2n) is 7.54. The fourth-order valence-electron chi connectivity index (χ4n) is 3.35. The predicted molar refractivity (Wildman–Crippen MR) is 119 cm³/mol. The van der Waals surface area contributed by atoms with Crippen LogP contribution in [0, 0.1) is 0 Å². The molecule has 0 spiro atoms. The fraction of sp³-hybridized carbons (Fsp3) is 0.417. The molecule has 0 heterocycles. The molecule has 0 bridgehead atoms. The van der Waals surface area contributed by atoms with Gasteiger partial charge in [0.25, 0.3) is 0 Å². The molecular weight excluding hydrogens is 380 g/mol. The van der Waals surface area contributed by atoms with Crippen LogP contribution in [0.1, 0.15) is 24.1 Å². The van der Waals surface area contributed by atoms with Crippen molar-refractivity contribution in [3.63, 3.8) is 0 Å². The predicted octanol–water partition coefficient (Wildman–Crippen LogP) is 0.926. The number of hydrogen-bond donors (Lipinski definition) is 3. The molecule has 0 aliphatic heterocycles. The lowest BCUT2D eigenvalue weighted by Gasteiger charge is -2.21. The van der Waals surface area contributed by atoms with Crippen LogP contribution in [0.15, 0.2) is 48.5 Å². The first-order chi connectivity index (χ1) is 14.5. The molecule has 0 aliphatic carbocycles. The molecule has 4 N–H and O–H groups in total. The van der Waals surface area contributed by atoms with Gasteiger partial charge in [-0.05, 0) is 48.9 Å². The third-order valence-electron chi connectivity index (χ3n) is 5.03. The number of likely N-dealkylation sites (N-methyl/N-ethyl adjacent to an activating group) is 1. The number of allylic oxidation sites excluding steroid dienone is 1. The van der Waals surface area contributed by atoms with E-state index in [-0.39, 0.29) is 6.61 Å². The van der Waals surface area contributed by atoms with Crippen molar-refractivity contribution in [2.75, 3.05) is 48.0 Å². The van der Waals surface area contributed by atoms with Crippen molar-refractivity contribution >= 4 is 6.08 Å². The summed E-state index contributed by atoms with van der Waals surface area (Å²) in [5.41, 5.74) is 2.30. The van der Waals surface area contributed by atoms with Gasteiger partial charge in [-0.1, -0.05) is 18.2 Å². The Hall–Kier alpha value is -2.54. The number of nitrogens with one attached hydrogen (secondary N) is 1. The molecular formula is C24H36N2O4+2. The van der Waals surface area contributed by atoms with Crippen LogP contribution < -0.4 is 24.4 Å². The molecule has 2 rings (SSSR count). The molecule has 2 aromatic rings. The Kier molecular flexibility index (Phi) is 9.67. The third-order valence-corrected chi connectivity index (χ3v) is 5.03. The van der Waals surface area contributed by atoms with E-state index in [1.54, 1.807) is 14.2 Å². The number of hydrogen-bond acceptors (Lipinski definition) is 4. The van der Waals surface area contributed by atoms with Gasteiger partial charge in [0.2, 0.25) is 0 Å². The average molecular weight is 417 g/mol. The van der Waals surface area contributed by atoms with E-state index in [2.05, 4.69) is 31.5 Å². The Morgan fingerprint density at radius 1 is 1.00 bits per heavy atom. The molecule has 30 heavy (non-hydrogen) atoms. The molecule has 0 radical (unpaired) electrons. The van der Waals surface area contributed by atoms with E-state index >= 15 is 0 Å². The zero-order valence-corrected chi connectivity index (χ0v) is 18.7. The minimum atomic E-state index is -0.571. The first kappa shape index (κ1) is 23.7. The van der Waals surface area contributed by atoms with Crippen LogP contribution in [-0.2, 0) is 0 Å². The SMILES string of the molecule is C/C=C/c1ccc(OC[C@@H](O)C[NH2+]C[C@H](c2ccc(OC)cc2)[NH+](C)C)c(OC)c1. The molecule has 0 amide bonds. The number of methoxy groups -OCH3 is 2. The van der Waals surface area contributed by atoms with E-state index in [4.69, 9.17) is 14.2 Å². The van der Waals surface area contributed by atoms with Gasteiger partial charge in [0.1, 0.15) is 31.5 Å². The quantitative estimate of drug-likeness (QED) is 0.482. The molecule has 0 aliphatic rings. The summed E-state index contributed by atoms with van der Waals surface area (Å²) in [6.45, 7) is 3.63. The van der Waals surface area contributed by atoms with Crippen molar-refractivity contribution in [2.45, 2.75) is 19.1 Å². The minimum absolute atomic E-state index is 0.220. The van der Waals surface area contributed by atoms with Crippen molar-refractivity contribution in [3.05, 3.63) is 59.7 Å². The first-order valence-electron chi connectivity index (χ1n) is 10.4. The molecule has 6 heteroatoms. The summed E-state index contributed by atoms with van der Waals surface area (Å²) in [4.78, 5) is 1.34. The number of benzene rings is 2. The number of nitrogens with two attached hydrogens (primary N) is 1. The lowest BCUT2D eigenvalue weighted by atomic mass is 10.1. The van der Waals surface area contributed by atoms with Gasteiger partial charge in [0.15, 0.2) is 17.5 Å². The third kappa shape index (κ3) is 7.06. The van der Waals surface area contributed by atoms with Crippen molar-refractivity contribution in [1.29, 1.82) is 0 Å². The fourth-order valence-corrected chi connectivity index (χ4v) is 3.35. The topological polar surface area (TPSA) is 69.0 Å². The minimum Gasteiger partial charge on any atom is -0.497 e. The summed E-state index contributed by atoms with van der Waals surface area (Å²) in [5, 5.41) is 12.5. The zero-order valence-electron chi connectivity index (χ0n) is 18.7. The van der Waals surface area contributed by atoms with Gasteiger partial charge in [-0.25, -0.2) is 0 Å². The highest BCUT2D eigenvalue weighted by Gasteiger charge is 2.21. The number of rotatable bonds is 12. The summed E-state index contributed by atoms with van der Waals surface area (Å²) in [5.74, 6) is 2.16. The Balaban J connectivity index is 1.85. The second kappa shape index (κ2) is 12.2. The molecule has 0 aromatic heterocycles. The van der Waals surface area contributed by atoms with Gasteiger partial charge in [-0.15, -0.1) is 0 Å². The lowest BCUT2D eigenvalue weighted by Crippen LogP contribution is -3.09. The zero-order chi connectivity index (χ0) is 21.9. The highest BCUT2D eigenvalue weighted by Crippen LogP contribution is 2.28. The summed E-state index contributed by atoms with van der Waals surface area (Å²) >= 11 is 0. The molecule has 164 valence electrons. The van der Waals surface area contributed by atoms with E-state index in [0.717, 1.165) is 17.9 Å². The monoisotopic (exact) mass is 416 g/mol. The number of quaternary nitrogens is 2. The van der Waals surface area contributed by atoms with Crippen LogP contribution in [0.3, 0.4) is 0 Å². The smallest absolute Gasteiger partial charge is 0.162 e. The summed E-state index contributed by atoms with van der Waals surface area (Å²) in [6.07, 6.45) is 3.41. The Labute approximate surface area is 180 Å². The van der Waals surface area contributed by atoms with Gasteiger partial charge in [0, 0.05) is 5.56 Å². The van der Waals surface area contributed by atoms with Gasteiger partial charge in [0.05, 0.1) is 28.3 Å². The van der Waals surface area contributed by atoms with Crippen LogP contribution in [0.2, 0.25) is 0 Å². The highest BCUT2D eigenvalue weighted by molar-refractivity contribution is 5.55. The Morgan fingerprint density at radius 2 is 1.73 bits per heavy atom. The van der Waals surface area contributed by atoms with Crippen molar-refractivity contribution in [1.82, 2.24) is 0 Å². The van der Waals surface area contributed by atoms with Crippen LogP contribution in [0.5, 0.6) is 17.2 Å². The second-order valence-corrected chi connectivity index (χ2v) is 7.54.